The zero-order valence-electron chi connectivity index (χ0n) is 18.6. The first kappa shape index (κ1) is 22.7. The number of nitrogens with one attached hydrogen (secondary N) is 4. The minimum atomic E-state index is -0.308. The van der Waals surface area contributed by atoms with Crippen LogP contribution in [0.1, 0.15) is 16.1 Å². The average Bonchev–Trinajstić information content (AvgIpc) is 3.21. The van der Waals surface area contributed by atoms with E-state index in [1.165, 1.54) is 6.08 Å². The van der Waals surface area contributed by atoms with Gasteiger partial charge in [0.05, 0.1) is 18.8 Å². The number of hydrogen-bond donors (Lipinski definition) is 4. The van der Waals surface area contributed by atoms with Crippen molar-refractivity contribution in [2.75, 3.05) is 36.3 Å². The topological polar surface area (TPSA) is 126 Å². The fraction of sp³-hybridized carbons (Fsp3) is 0.167. The molecule has 0 saturated heterocycles. The second kappa shape index (κ2) is 10.5. The summed E-state index contributed by atoms with van der Waals surface area (Å²) in [5.74, 6) is 0.852. The van der Waals surface area contributed by atoms with Crippen molar-refractivity contribution in [2.45, 2.75) is 6.54 Å². The molecule has 0 saturated carbocycles. The SMILES string of the molecule is C=CC(=O)Nc1cccc(Nc2nc3c(c(Nc4ccc(OCCOC)cc4)n2)C(=O)NC3)c1. The molecular formula is C24H24N6O4. The van der Waals surface area contributed by atoms with Crippen molar-refractivity contribution in [3.8, 4) is 5.75 Å². The number of hydrogen-bond acceptors (Lipinski definition) is 8. The van der Waals surface area contributed by atoms with Crippen LogP contribution >= 0.6 is 0 Å². The normalized spacial score (nSPS) is 11.9. The lowest BCUT2D eigenvalue weighted by atomic mass is 10.2. The van der Waals surface area contributed by atoms with Crippen molar-refractivity contribution in [2.24, 2.45) is 0 Å². The van der Waals surface area contributed by atoms with E-state index in [-0.39, 0.29) is 11.8 Å². The Labute approximate surface area is 196 Å². The number of aromatic nitrogens is 2. The Balaban J connectivity index is 1.55. The summed E-state index contributed by atoms with van der Waals surface area (Å²) < 4.78 is 10.6. The first-order chi connectivity index (χ1) is 16.6. The highest BCUT2D eigenvalue weighted by atomic mass is 16.5. The molecule has 34 heavy (non-hydrogen) atoms. The predicted molar refractivity (Wildman–Crippen MR) is 129 cm³/mol. The molecule has 4 rings (SSSR count). The molecule has 0 unspecified atom stereocenters. The molecule has 1 aliphatic rings. The van der Waals surface area contributed by atoms with Crippen LogP contribution in [0.4, 0.5) is 28.8 Å². The second-order valence-electron chi connectivity index (χ2n) is 7.29. The molecular weight excluding hydrogens is 436 g/mol. The fourth-order valence-corrected chi connectivity index (χ4v) is 3.28. The Morgan fingerprint density at radius 2 is 1.88 bits per heavy atom. The Morgan fingerprint density at radius 1 is 1.09 bits per heavy atom. The second-order valence-corrected chi connectivity index (χ2v) is 7.29. The fourth-order valence-electron chi connectivity index (χ4n) is 3.28. The van der Waals surface area contributed by atoms with E-state index in [9.17, 15) is 9.59 Å². The first-order valence-corrected chi connectivity index (χ1v) is 10.5. The van der Waals surface area contributed by atoms with Gasteiger partial charge in [0.15, 0.2) is 0 Å². The third-order valence-electron chi connectivity index (χ3n) is 4.87. The van der Waals surface area contributed by atoms with E-state index in [1.807, 2.05) is 30.3 Å². The molecule has 0 bridgehead atoms. The van der Waals surface area contributed by atoms with Gasteiger partial charge in [-0.3, -0.25) is 9.59 Å². The summed E-state index contributed by atoms with van der Waals surface area (Å²) in [6.07, 6.45) is 1.20. The molecule has 0 aliphatic carbocycles. The van der Waals surface area contributed by atoms with Gasteiger partial charge >= 0.3 is 0 Å². The minimum Gasteiger partial charge on any atom is -0.491 e. The van der Waals surface area contributed by atoms with Crippen molar-refractivity contribution < 1.29 is 19.1 Å². The van der Waals surface area contributed by atoms with E-state index in [1.54, 1.807) is 25.3 Å². The van der Waals surface area contributed by atoms with E-state index in [4.69, 9.17) is 9.47 Å². The lowest BCUT2D eigenvalue weighted by Crippen LogP contribution is -2.14. The van der Waals surface area contributed by atoms with Crippen molar-refractivity contribution >= 4 is 40.6 Å². The predicted octanol–water partition coefficient (Wildman–Crippen LogP) is 3.36. The number of methoxy groups -OCH3 is 1. The number of ether oxygens (including phenoxy) is 2. The van der Waals surface area contributed by atoms with Gasteiger partial charge in [0.25, 0.3) is 5.91 Å². The Bertz CT molecular complexity index is 1210. The molecule has 0 atom stereocenters. The van der Waals surface area contributed by atoms with Crippen LogP contribution in [0.25, 0.3) is 0 Å². The maximum absolute atomic E-state index is 12.4. The molecule has 2 heterocycles. The zero-order valence-corrected chi connectivity index (χ0v) is 18.6. The Morgan fingerprint density at radius 3 is 2.65 bits per heavy atom. The van der Waals surface area contributed by atoms with Crippen molar-refractivity contribution in [3.05, 3.63) is 72.4 Å². The van der Waals surface area contributed by atoms with Gasteiger partial charge < -0.3 is 30.7 Å². The number of carbonyl (C=O) groups is 2. The number of fused-ring (bicyclic) bond motifs is 1. The van der Waals surface area contributed by atoms with Crippen LogP contribution in [-0.2, 0) is 16.1 Å². The van der Waals surface area contributed by atoms with Gasteiger partial charge in [0.2, 0.25) is 11.9 Å². The van der Waals surface area contributed by atoms with Crippen LogP contribution in [0, 0.1) is 0 Å². The maximum Gasteiger partial charge on any atom is 0.257 e. The molecule has 2 aromatic carbocycles. The Hall–Kier alpha value is -4.44. The average molecular weight is 460 g/mol. The van der Waals surface area contributed by atoms with E-state index in [2.05, 4.69) is 37.8 Å². The monoisotopic (exact) mass is 460 g/mol. The Kier molecular flexibility index (Phi) is 6.99. The molecule has 1 aliphatic heterocycles. The number of anilines is 5. The number of nitrogens with zero attached hydrogens (tertiary/aromatic N) is 2. The number of benzene rings is 2. The number of amides is 2. The molecule has 4 N–H and O–H groups in total. The van der Waals surface area contributed by atoms with Crippen LogP contribution in [0.5, 0.6) is 5.75 Å². The zero-order chi connectivity index (χ0) is 23.9. The molecule has 0 spiro atoms. The van der Waals surface area contributed by atoms with Gasteiger partial charge in [-0.15, -0.1) is 0 Å². The number of rotatable bonds is 10. The van der Waals surface area contributed by atoms with E-state index >= 15 is 0 Å². The minimum absolute atomic E-state index is 0.238. The highest BCUT2D eigenvalue weighted by Gasteiger charge is 2.26. The molecule has 10 nitrogen and oxygen atoms in total. The lowest BCUT2D eigenvalue weighted by Gasteiger charge is -2.13. The van der Waals surface area contributed by atoms with Crippen molar-refractivity contribution in [1.29, 1.82) is 0 Å². The third kappa shape index (κ3) is 5.48. The summed E-state index contributed by atoms with van der Waals surface area (Å²) in [7, 11) is 1.62. The van der Waals surface area contributed by atoms with Crippen LogP contribution in [-0.4, -0.2) is 42.1 Å². The van der Waals surface area contributed by atoms with Crippen molar-refractivity contribution in [3.63, 3.8) is 0 Å². The summed E-state index contributed by atoms with van der Waals surface area (Å²) in [5.41, 5.74) is 2.99. The van der Waals surface area contributed by atoms with Crippen molar-refractivity contribution in [1.82, 2.24) is 15.3 Å². The number of carbonyl (C=O) groups excluding carboxylic acids is 2. The van der Waals surface area contributed by atoms with E-state index < -0.39 is 0 Å². The van der Waals surface area contributed by atoms with Crippen LogP contribution in [0.2, 0.25) is 0 Å². The summed E-state index contributed by atoms with van der Waals surface area (Å²) in [5, 5.41) is 11.8. The molecule has 3 aromatic rings. The highest BCUT2D eigenvalue weighted by molar-refractivity contribution is 6.03. The lowest BCUT2D eigenvalue weighted by molar-refractivity contribution is -0.111. The highest BCUT2D eigenvalue weighted by Crippen LogP contribution is 2.28. The quantitative estimate of drug-likeness (QED) is 0.268. The van der Waals surface area contributed by atoms with Gasteiger partial charge in [0, 0.05) is 24.2 Å². The largest absolute Gasteiger partial charge is 0.491 e. The smallest absolute Gasteiger partial charge is 0.257 e. The summed E-state index contributed by atoms with van der Waals surface area (Å²) in [6, 6.07) is 14.4. The standard InChI is InChI=1S/C24H24N6O4/c1-3-20(31)26-16-5-4-6-17(13-16)28-24-29-19-14-25-23(32)21(19)22(30-24)27-15-7-9-18(10-8-15)34-12-11-33-2/h3-10,13H,1,11-12,14H2,2H3,(H,25,32)(H,26,31)(H2,27,28,29,30). The summed E-state index contributed by atoms with van der Waals surface area (Å²) >= 11 is 0. The van der Waals surface area contributed by atoms with E-state index in [0.29, 0.717) is 59.9 Å². The maximum atomic E-state index is 12.4. The first-order valence-electron chi connectivity index (χ1n) is 10.5. The summed E-state index contributed by atoms with van der Waals surface area (Å²) in [6.45, 7) is 4.72. The van der Waals surface area contributed by atoms with Gasteiger partial charge in [-0.05, 0) is 48.5 Å². The van der Waals surface area contributed by atoms with E-state index in [0.717, 1.165) is 5.69 Å². The molecule has 174 valence electrons. The summed E-state index contributed by atoms with van der Waals surface area (Å²) in [4.78, 5) is 33.0. The third-order valence-corrected chi connectivity index (χ3v) is 4.87. The van der Waals surface area contributed by atoms with Crippen LogP contribution in [0.15, 0.2) is 61.2 Å². The van der Waals surface area contributed by atoms with Gasteiger partial charge in [-0.2, -0.15) is 4.98 Å². The van der Waals surface area contributed by atoms with Gasteiger partial charge in [0.1, 0.15) is 23.7 Å². The van der Waals surface area contributed by atoms with Gasteiger partial charge in [-0.1, -0.05) is 12.6 Å². The molecule has 0 radical (unpaired) electrons. The van der Waals surface area contributed by atoms with Gasteiger partial charge in [-0.25, -0.2) is 4.98 Å². The molecule has 1 aromatic heterocycles. The molecule has 0 fully saturated rings. The molecule has 10 heteroatoms. The van der Waals surface area contributed by atoms with Crippen LogP contribution < -0.4 is 26.0 Å². The molecule has 2 amide bonds. The van der Waals surface area contributed by atoms with Crippen LogP contribution in [0.3, 0.4) is 0 Å².